The topological polar surface area (TPSA) is 9.23 Å². The first-order valence-electron chi connectivity index (χ1n) is 10.9. The van der Waals surface area contributed by atoms with Crippen LogP contribution in [0.5, 0.6) is 5.75 Å². The summed E-state index contributed by atoms with van der Waals surface area (Å²) in [6.07, 6.45) is 0. The van der Waals surface area contributed by atoms with Gasteiger partial charge in [0, 0.05) is 0 Å². The Hall–Kier alpha value is -3.30. The predicted octanol–water partition coefficient (Wildman–Crippen LogP) is 5.40. The Morgan fingerprint density at radius 3 is 1.09 bits per heavy atom. The third kappa shape index (κ3) is 4.09. The van der Waals surface area contributed by atoms with Gasteiger partial charge in [-0.2, -0.15) is 0 Å². The van der Waals surface area contributed by atoms with Crippen molar-refractivity contribution in [3.63, 3.8) is 0 Å². The molecule has 5 rings (SSSR count). The molecule has 0 bridgehead atoms. The van der Waals surface area contributed by atoms with Crippen LogP contribution in [0, 0.1) is 0 Å². The second-order valence-electron chi connectivity index (χ2n) is 7.77. The molecule has 0 aliphatic carbocycles. The van der Waals surface area contributed by atoms with E-state index in [4.69, 9.17) is 3.07 Å². The van der Waals surface area contributed by atoms with Gasteiger partial charge in [-0.05, 0) is 0 Å². The molecular weight excluding hydrogens is 495 g/mol. The Bertz CT molecular complexity index is 1160. The van der Waals surface area contributed by atoms with E-state index in [-0.39, 0.29) is 0 Å². The van der Waals surface area contributed by atoms with Crippen LogP contribution >= 0.6 is 0 Å². The van der Waals surface area contributed by atoms with E-state index in [0.717, 1.165) is 5.75 Å². The molecule has 0 heterocycles. The predicted molar refractivity (Wildman–Crippen MR) is 136 cm³/mol. The molecule has 0 aliphatic rings. The van der Waals surface area contributed by atoms with Crippen molar-refractivity contribution in [2.45, 2.75) is 0 Å². The Labute approximate surface area is 194 Å². The molecule has 0 spiro atoms. The third-order valence-corrected chi connectivity index (χ3v) is 17.1. The summed E-state index contributed by atoms with van der Waals surface area (Å²) < 4.78 is 11.1. The number of hydrogen-bond donors (Lipinski definition) is 0. The van der Waals surface area contributed by atoms with Crippen LogP contribution < -0.4 is 13.8 Å². The second-order valence-corrected chi connectivity index (χ2v) is 17.2. The van der Waals surface area contributed by atoms with Gasteiger partial charge in [0.25, 0.3) is 0 Å². The summed E-state index contributed by atoms with van der Waals surface area (Å²) in [6.45, 7) is 0. The second kappa shape index (κ2) is 9.45. The first kappa shape index (κ1) is 20.6. The zero-order valence-electron chi connectivity index (χ0n) is 17.8. The number of benzene rings is 5. The number of rotatable bonds is 6. The van der Waals surface area contributed by atoms with Gasteiger partial charge in [-0.15, -0.1) is 0 Å². The van der Waals surface area contributed by atoms with Crippen molar-refractivity contribution in [3.8, 4) is 16.9 Å². The van der Waals surface area contributed by atoms with Gasteiger partial charge in [0.2, 0.25) is 0 Å². The summed E-state index contributed by atoms with van der Waals surface area (Å²) in [5, 5.41) is 0. The fourth-order valence-electron chi connectivity index (χ4n) is 4.22. The minimum atomic E-state index is -3.78. The van der Waals surface area contributed by atoms with E-state index in [2.05, 4.69) is 140 Å². The van der Waals surface area contributed by atoms with Crippen LogP contribution in [0.2, 0.25) is 0 Å². The summed E-state index contributed by atoms with van der Waals surface area (Å²) in [7, 11) is 0. The zero-order valence-corrected chi connectivity index (χ0v) is 20.6. The Kier molecular flexibility index (Phi) is 6.08. The molecule has 1 nitrogen and oxygen atoms in total. The summed E-state index contributed by atoms with van der Waals surface area (Å²) in [5.74, 6) is 0.914. The van der Waals surface area contributed by atoms with Crippen molar-refractivity contribution in [2.24, 2.45) is 0 Å². The van der Waals surface area contributed by atoms with Gasteiger partial charge in [-0.1, -0.05) is 0 Å². The quantitative estimate of drug-likeness (QED) is 0.273. The monoisotopic (exact) mass is 520 g/mol. The molecule has 2 heteroatoms. The maximum atomic E-state index is 7.16. The van der Waals surface area contributed by atoms with Crippen LogP contribution in [0.3, 0.4) is 0 Å². The molecule has 0 N–H and O–H groups in total. The maximum absolute atomic E-state index is 7.16. The van der Waals surface area contributed by atoms with Gasteiger partial charge >= 0.3 is 195 Å². The molecule has 5 aromatic carbocycles. The summed E-state index contributed by atoms with van der Waals surface area (Å²) in [6, 6.07) is 51.3. The molecule has 32 heavy (non-hydrogen) atoms. The van der Waals surface area contributed by atoms with Gasteiger partial charge in [0.05, 0.1) is 0 Å². The molecule has 0 aromatic heterocycles. The van der Waals surface area contributed by atoms with Gasteiger partial charge < -0.3 is 0 Å². The van der Waals surface area contributed by atoms with Crippen LogP contribution in [0.4, 0.5) is 0 Å². The zero-order chi connectivity index (χ0) is 21.6. The first-order valence-corrected chi connectivity index (χ1v) is 16.3. The van der Waals surface area contributed by atoms with Crippen LogP contribution in [0.15, 0.2) is 146 Å². The summed E-state index contributed by atoms with van der Waals surface area (Å²) in [4.78, 5) is 0. The van der Waals surface area contributed by atoms with Crippen molar-refractivity contribution in [3.05, 3.63) is 146 Å². The van der Waals surface area contributed by atoms with Crippen molar-refractivity contribution in [1.29, 1.82) is 0 Å². The average molecular weight is 519 g/mol. The van der Waals surface area contributed by atoms with Gasteiger partial charge in [-0.3, -0.25) is 0 Å². The molecule has 0 fully saturated rings. The van der Waals surface area contributed by atoms with E-state index in [1.807, 2.05) is 6.07 Å². The fraction of sp³-hybridized carbons (Fsp3) is 0. The minimum absolute atomic E-state index is 0.914. The molecule has 154 valence electrons. The molecule has 0 atom stereocenters. The van der Waals surface area contributed by atoms with Gasteiger partial charge in [-0.25, -0.2) is 0 Å². The molecule has 0 aliphatic heterocycles. The van der Waals surface area contributed by atoms with Crippen molar-refractivity contribution < 1.29 is 3.07 Å². The van der Waals surface area contributed by atoms with E-state index in [0.29, 0.717) is 0 Å². The van der Waals surface area contributed by atoms with E-state index in [1.54, 1.807) is 0 Å². The molecule has 5 aromatic rings. The van der Waals surface area contributed by atoms with Gasteiger partial charge in [0.15, 0.2) is 0 Å². The molecule has 0 saturated carbocycles. The molecule has 0 saturated heterocycles. The SMILES string of the molecule is c1ccc(-c2ccc([O][Sn]([c]3ccccc3)([c]3ccccc3)[c]3ccccc3)cc2)cc1. The van der Waals surface area contributed by atoms with E-state index >= 15 is 0 Å². The van der Waals surface area contributed by atoms with Crippen molar-refractivity contribution >= 4 is 29.5 Å². The summed E-state index contributed by atoms with van der Waals surface area (Å²) >= 11 is -3.78. The van der Waals surface area contributed by atoms with Crippen LogP contribution in [-0.2, 0) is 0 Å². The van der Waals surface area contributed by atoms with Gasteiger partial charge in [0.1, 0.15) is 0 Å². The third-order valence-electron chi connectivity index (χ3n) is 5.77. The van der Waals surface area contributed by atoms with Crippen LogP contribution in [0.1, 0.15) is 0 Å². The molecule has 0 unspecified atom stereocenters. The summed E-state index contributed by atoms with van der Waals surface area (Å²) in [5.41, 5.74) is 2.40. The standard InChI is InChI=1S/C12H10O.3C6H5.Sn/c13-12-8-6-11(7-9-12)10-4-2-1-3-5-10;3*1-2-4-6-5-3-1;/h1-9,13H;3*1-5H;/q;;;;+1/p-1. The molecule has 0 amide bonds. The molecule has 0 radical (unpaired) electrons. The van der Waals surface area contributed by atoms with Crippen molar-refractivity contribution in [2.75, 3.05) is 0 Å². The first-order chi connectivity index (χ1) is 15.9. The Morgan fingerprint density at radius 2 is 0.688 bits per heavy atom. The Morgan fingerprint density at radius 1 is 0.344 bits per heavy atom. The van der Waals surface area contributed by atoms with Crippen LogP contribution in [-0.4, -0.2) is 18.8 Å². The van der Waals surface area contributed by atoms with Crippen LogP contribution in [0.25, 0.3) is 11.1 Å². The van der Waals surface area contributed by atoms with E-state index in [9.17, 15) is 0 Å². The normalized spacial score (nSPS) is 11.1. The van der Waals surface area contributed by atoms with E-state index in [1.165, 1.54) is 21.9 Å². The van der Waals surface area contributed by atoms with Crippen molar-refractivity contribution in [1.82, 2.24) is 0 Å². The van der Waals surface area contributed by atoms with E-state index < -0.39 is 18.8 Å². The fourth-order valence-corrected chi connectivity index (χ4v) is 15.1. The number of hydrogen-bond acceptors (Lipinski definition) is 1. The molecular formula is C30H24OSn. The average Bonchev–Trinajstić information content (AvgIpc) is 2.90. The Balaban J connectivity index is 1.65.